The molecule has 2 aromatic heterocycles. The quantitative estimate of drug-likeness (QED) is 0.634. The maximum Gasteiger partial charge on any atom is 0.329 e. The Hall–Kier alpha value is -2.87. The number of amides is 1. The van der Waals surface area contributed by atoms with Crippen molar-refractivity contribution >= 4 is 27.5 Å². The third-order valence-electron chi connectivity index (χ3n) is 7.04. The van der Waals surface area contributed by atoms with Crippen LogP contribution in [0.15, 0.2) is 27.8 Å². The Bertz CT molecular complexity index is 1330. The summed E-state index contributed by atoms with van der Waals surface area (Å²) in [7, 11) is 1.64. The molecule has 33 heavy (non-hydrogen) atoms. The lowest BCUT2D eigenvalue weighted by Crippen LogP contribution is -2.39. The summed E-state index contributed by atoms with van der Waals surface area (Å²) in [6.07, 6.45) is 6.01. The fourth-order valence-electron chi connectivity index (χ4n) is 5.31. The van der Waals surface area contributed by atoms with Crippen molar-refractivity contribution in [2.24, 2.45) is 0 Å². The molecular formula is C25H29N3O4S. The molecule has 8 heteroatoms. The number of nitrogens with zero attached hydrogens (tertiary/aromatic N) is 2. The number of carbonyl (C=O) groups is 1. The van der Waals surface area contributed by atoms with Crippen molar-refractivity contribution in [1.82, 2.24) is 14.5 Å². The molecule has 1 N–H and O–H groups in total. The van der Waals surface area contributed by atoms with Crippen molar-refractivity contribution in [3.8, 4) is 5.75 Å². The van der Waals surface area contributed by atoms with Crippen LogP contribution in [-0.2, 0) is 24.2 Å². The lowest BCUT2D eigenvalue weighted by molar-refractivity contribution is -0.131. The normalized spacial score (nSPS) is 16.7. The smallest absolute Gasteiger partial charge is 0.329 e. The zero-order valence-electron chi connectivity index (χ0n) is 19.1. The number of nitrogens with one attached hydrogen (secondary N) is 1. The van der Waals surface area contributed by atoms with Gasteiger partial charge in [-0.15, -0.1) is 11.3 Å². The van der Waals surface area contributed by atoms with Crippen LogP contribution in [0.5, 0.6) is 5.75 Å². The Morgan fingerprint density at radius 1 is 1.21 bits per heavy atom. The van der Waals surface area contributed by atoms with Gasteiger partial charge in [0.05, 0.1) is 25.5 Å². The molecule has 0 bridgehead atoms. The number of carbonyl (C=O) groups excluding carboxylic acids is 1. The van der Waals surface area contributed by atoms with Gasteiger partial charge in [0.2, 0.25) is 5.91 Å². The van der Waals surface area contributed by atoms with Crippen LogP contribution in [0.4, 0.5) is 0 Å². The second-order valence-electron chi connectivity index (χ2n) is 9.15. The Balaban J connectivity index is 1.41. The number of ether oxygens (including phenoxy) is 1. The van der Waals surface area contributed by atoms with Crippen LogP contribution in [0.3, 0.4) is 0 Å². The van der Waals surface area contributed by atoms with E-state index in [4.69, 9.17) is 4.74 Å². The van der Waals surface area contributed by atoms with E-state index in [0.717, 1.165) is 53.0 Å². The van der Waals surface area contributed by atoms with Gasteiger partial charge in [-0.2, -0.15) is 0 Å². The monoisotopic (exact) mass is 467 g/mol. The average molecular weight is 468 g/mol. The summed E-state index contributed by atoms with van der Waals surface area (Å²) in [5.74, 6) is 0.878. The van der Waals surface area contributed by atoms with Gasteiger partial charge in [-0.1, -0.05) is 31.4 Å². The molecule has 0 unspecified atom stereocenters. The third kappa shape index (κ3) is 4.01. The highest BCUT2D eigenvalue weighted by atomic mass is 32.1. The standard InChI is InChI=1S/C25H29N3O4S/c1-15-12-16(8-9-19(15)32-2)13-21(29)27-11-10-18-20(14-27)33-23-22(18)24(30)28(25(31)26-23)17-6-4-3-5-7-17/h8-9,12,17H,3-7,10-11,13-14H2,1-2H3,(H,26,31). The lowest BCUT2D eigenvalue weighted by Gasteiger charge is -2.27. The number of hydrogen-bond donors (Lipinski definition) is 1. The summed E-state index contributed by atoms with van der Waals surface area (Å²) in [4.78, 5) is 45.6. The number of benzene rings is 1. The largest absolute Gasteiger partial charge is 0.496 e. The molecule has 174 valence electrons. The van der Waals surface area contributed by atoms with Crippen LogP contribution >= 0.6 is 11.3 Å². The minimum Gasteiger partial charge on any atom is -0.496 e. The van der Waals surface area contributed by atoms with Crippen molar-refractivity contribution in [2.45, 2.75) is 64.5 Å². The van der Waals surface area contributed by atoms with Crippen molar-refractivity contribution in [3.05, 3.63) is 60.6 Å². The highest BCUT2D eigenvalue weighted by Crippen LogP contribution is 2.33. The van der Waals surface area contributed by atoms with Crippen LogP contribution in [0, 0.1) is 6.92 Å². The first kappa shape index (κ1) is 21.9. The van der Waals surface area contributed by atoms with E-state index in [0.29, 0.717) is 36.1 Å². The van der Waals surface area contributed by atoms with Crippen molar-refractivity contribution < 1.29 is 9.53 Å². The molecular weight excluding hydrogens is 438 g/mol. The van der Waals surface area contributed by atoms with Gasteiger partial charge in [0.25, 0.3) is 5.56 Å². The van der Waals surface area contributed by atoms with E-state index in [-0.39, 0.29) is 23.2 Å². The number of thiophene rings is 1. The number of aromatic amines is 1. The number of rotatable bonds is 4. The van der Waals surface area contributed by atoms with E-state index in [1.807, 2.05) is 30.0 Å². The molecule has 0 saturated heterocycles. The van der Waals surface area contributed by atoms with Crippen LogP contribution in [-0.4, -0.2) is 34.0 Å². The molecule has 5 rings (SSSR count). The maximum absolute atomic E-state index is 13.4. The lowest BCUT2D eigenvalue weighted by atomic mass is 9.95. The summed E-state index contributed by atoms with van der Waals surface area (Å²) in [6, 6.07) is 5.80. The van der Waals surface area contributed by atoms with Gasteiger partial charge in [0, 0.05) is 17.5 Å². The van der Waals surface area contributed by atoms with Crippen LogP contribution < -0.4 is 16.0 Å². The SMILES string of the molecule is COc1ccc(CC(=O)N2CCc3c(sc4[nH]c(=O)n(C5CCCCC5)c(=O)c34)C2)cc1C. The first-order valence-corrected chi connectivity index (χ1v) is 12.5. The summed E-state index contributed by atoms with van der Waals surface area (Å²) in [6.45, 7) is 3.03. The van der Waals surface area contributed by atoms with Gasteiger partial charge < -0.3 is 9.64 Å². The molecule has 1 saturated carbocycles. The Kier molecular flexibility index (Phi) is 5.86. The molecule has 1 aromatic carbocycles. The number of aryl methyl sites for hydroxylation is 1. The fourth-order valence-corrected chi connectivity index (χ4v) is 6.55. The Morgan fingerprint density at radius 2 is 2.00 bits per heavy atom. The summed E-state index contributed by atoms with van der Waals surface area (Å²) >= 11 is 1.44. The predicted molar refractivity (Wildman–Crippen MR) is 129 cm³/mol. The Labute approximate surface area is 196 Å². The van der Waals surface area contributed by atoms with Gasteiger partial charge >= 0.3 is 5.69 Å². The second-order valence-corrected chi connectivity index (χ2v) is 10.3. The number of hydrogen-bond acceptors (Lipinski definition) is 5. The van der Waals surface area contributed by atoms with E-state index in [1.54, 1.807) is 7.11 Å². The molecule has 0 atom stereocenters. The Morgan fingerprint density at radius 3 is 2.73 bits per heavy atom. The molecule has 1 fully saturated rings. The molecule has 0 radical (unpaired) electrons. The van der Waals surface area contributed by atoms with Crippen LogP contribution in [0.1, 0.15) is 59.7 Å². The molecule has 1 aliphatic heterocycles. The highest BCUT2D eigenvalue weighted by Gasteiger charge is 2.28. The number of methoxy groups -OCH3 is 1. The van der Waals surface area contributed by atoms with Crippen molar-refractivity contribution in [2.75, 3.05) is 13.7 Å². The van der Waals surface area contributed by atoms with Crippen LogP contribution in [0.25, 0.3) is 10.2 Å². The van der Waals surface area contributed by atoms with E-state index < -0.39 is 0 Å². The average Bonchev–Trinajstić information content (AvgIpc) is 3.17. The molecule has 1 aliphatic carbocycles. The van der Waals surface area contributed by atoms with E-state index >= 15 is 0 Å². The number of aromatic nitrogens is 2. The third-order valence-corrected chi connectivity index (χ3v) is 8.17. The first-order valence-electron chi connectivity index (χ1n) is 11.7. The van der Waals surface area contributed by atoms with Crippen molar-refractivity contribution in [1.29, 1.82) is 0 Å². The molecule has 1 amide bonds. The summed E-state index contributed by atoms with van der Waals surface area (Å²) in [5, 5.41) is 0.651. The molecule has 0 spiro atoms. The van der Waals surface area contributed by atoms with Gasteiger partial charge in [0.15, 0.2) is 0 Å². The summed E-state index contributed by atoms with van der Waals surface area (Å²) in [5.41, 5.74) is 2.50. The van der Waals surface area contributed by atoms with E-state index in [2.05, 4.69) is 4.98 Å². The van der Waals surface area contributed by atoms with Crippen molar-refractivity contribution in [3.63, 3.8) is 0 Å². The number of fused-ring (bicyclic) bond motifs is 3. The second kappa shape index (κ2) is 8.82. The minimum atomic E-state index is -0.305. The van der Waals surface area contributed by atoms with Gasteiger partial charge in [0.1, 0.15) is 10.6 Å². The van der Waals surface area contributed by atoms with Gasteiger partial charge in [-0.05, 0) is 48.9 Å². The first-order chi connectivity index (χ1) is 16.0. The van der Waals surface area contributed by atoms with E-state index in [9.17, 15) is 14.4 Å². The zero-order valence-corrected chi connectivity index (χ0v) is 19.9. The van der Waals surface area contributed by atoms with Crippen LogP contribution in [0.2, 0.25) is 0 Å². The molecule has 7 nitrogen and oxygen atoms in total. The van der Waals surface area contributed by atoms with Gasteiger partial charge in [-0.3, -0.25) is 19.1 Å². The zero-order chi connectivity index (χ0) is 23.1. The topological polar surface area (TPSA) is 84.4 Å². The highest BCUT2D eigenvalue weighted by molar-refractivity contribution is 7.18. The number of H-pyrrole nitrogens is 1. The maximum atomic E-state index is 13.4. The molecule has 3 aromatic rings. The van der Waals surface area contributed by atoms with E-state index in [1.165, 1.54) is 22.3 Å². The fraction of sp³-hybridized carbons (Fsp3) is 0.480. The van der Waals surface area contributed by atoms with Gasteiger partial charge in [-0.25, -0.2) is 4.79 Å². The molecule has 3 heterocycles. The minimum absolute atomic E-state index is 0.00966. The predicted octanol–water partition coefficient (Wildman–Crippen LogP) is 3.70. The molecule has 2 aliphatic rings. The summed E-state index contributed by atoms with van der Waals surface area (Å²) < 4.78 is 6.76.